The zero-order valence-corrected chi connectivity index (χ0v) is 9.80. The summed E-state index contributed by atoms with van der Waals surface area (Å²) in [6.07, 6.45) is 4.72. The maximum Gasteiger partial charge on any atom is 0.0434 e. The molecule has 0 heterocycles. The number of aryl methyl sites for hydroxylation is 1. The molecule has 0 bridgehead atoms. The number of hydrogen-bond donors (Lipinski definition) is 1. The average molecular weight is 222 g/mol. The van der Waals surface area contributed by atoms with E-state index in [0.29, 0.717) is 0 Å². The molecule has 0 unspecified atom stereocenters. The molecular weight excluding hydrogens is 204 g/mol. The lowest BCUT2D eigenvalue weighted by molar-refractivity contribution is 0.288. The topological polar surface area (TPSA) is 20.2 Å². The highest BCUT2D eigenvalue weighted by atomic mass is 32.2. The lowest BCUT2D eigenvalue weighted by atomic mass is 10.1. The third-order valence-electron chi connectivity index (χ3n) is 2.73. The summed E-state index contributed by atoms with van der Waals surface area (Å²) in [6, 6.07) is 8.79. The Morgan fingerprint density at radius 3 is 2.53 bits per heavy atom. The highest BCUT2D eigenvalue weighted by Gasteiger charge is 2.20. The lowest BCUT2D eigenvalue weighted by Gasteiger charge is -2.02. The Morgan fingerprint density at radius 1 is 1.20 bits per heavy atom. The van der Waals surface area contributed by atoms with E-state index in [1.54, 1.807) is 0 Å². The van der Waals surface area contributed by atoms with Gasteiger partial charge in [-0.2, -0.15) is 0 Å². The number of rotatable bonds is 6. The third kappa shape index (κ3) is 3.88. The molecule has 1 aliphatic rings. The number of thioether (sulfide) groups is 1. The minimum absolute atomic E-state index is 0.290. The van der Waals surface area contributed by atoms with Crippen molar-refractivity contribution in [2.24, 2.45) is 5.92 Å². The van der Waals surface area contributed by atoms with E-state index in [4.69, 9.17) is 5.11 Å². The van der Waals surface area contributed by atoms with Gasteiger partial charge in [-0.05, 0) is 49.3 Å². The minimum Gasteiger partial charge on any atom is -0.396 e. The number of aliphatic hydroxyl groups is 1. The molecule has 1 aromatic rings. The summed E-state index contributed by atoms with van der Waals surface area (Å²) in [6.45, 7) is 0.290. The second kappa shape index (κ2) is 5.57. The predicted octanol–water partition coefficient (Wildman–Crippen LogP) is 3.11. The molecule has 1 saturated carbocycles. The first kappa shape index (κ1) is 11.0. The maximum absolute atomic E-state index is 8.73. The molecule has 1 nitrogen and oxygen atoms in total. The summed E-state index contributed by atoms with van der Waals surface area (Å²) in [5.74, 6) is 2.28. The van der Waals surface area contributed by atoms with Crippen LogP contribution < -0.4 is 0 Å². The molecule has 1 aromatic carbocycles. The quantitative estimate of drug-likeness (QED) is 0.746. The van der Waals surface area contributed by atoms with Gasteiger partial charge in [0.15, 0.2) is 0 Å². The van der Waals surface area contributed by atoms with Crippen molar-refractivity contribution in [2.75, 3.05) is 12.4 Å². The van der Waals surface area contributed by atoms with Crippen LogP contribution in [0.3, 0.4) is 0 Å². The van der Waals surface area contributed by atoms with Gasteiger partial charge in [0.2, 0.25) is 0 Å². The lowest BCUT2D eigenvalue weighted by Crippen LogP contribution is -1.89. The molecule has 15 heavy (non-hydrogen) atoms. The van der Waals surface area contributed by atoms with Crippen molar-refractivity contribution in [3.8, 4) is 0 Å². The Labute approximate surface area is 95.9 Å². The van der Waals surface area contributed by atoms with Crippen LogP contribution in [0.15, 0.2) is 29.2 Å². The molecule has 0 amide bonds. The Balaban J connectivity index is 1.79. The SMILES string of the molecule is OCCCc1ccc(SCC2CC2)cc1. The smallest absolute Gasteiger partial charge is 0.0434 e. The van der Waals surface area contributed by atoms with Gasteiger partial charge >= 0.3 is 0 Å². The fourth-order valence-electron chi connectivity index (χ4n) is 1.53. The van der Waals surface area contributed by atoms with Crippen molar-refractivity contribution < 1.29 is 5.11 Å². The average Bonchev–Trinajstić information content (AvgIpc) is 3.09. The van der Waals surface area contributed by atoms with Crippen molar-refractivity contribution in [1.29, 1.82) is 0 Å². The Kier molecular flexibility index (Phi) is 4.09. The van der Waals surface area contributed by atoms with Crippen molar-refractivity contribution in [2.45, 2.75) is 30.6 Å². The van der Waals surface area contributed by atoms with E-state index in [1.807, 2.05) is 11.8 Å². The van der Waals surface area contributed by atoms with Crippen LogP contribution in [-0.2, 0) is 6.42 Å². The molecule has 0 atom stereocenters. The van der Waals surface area contributed by atoms with Gasteiger partial charge in [0, 0.05) is 17.3 Å². The van der Waals surface area contributed by atoms with Gasteiger partial charge in [-0.15, -0.1) is 11.8 Å². The van der Waals surface area contributed by atoms with Gasteiger partial charge in [-0.25, -0.2) is 0 Å². The highest BCUT2D eigenvalue weighted by molar-refractivity contribution is 7.99. The summed E-state index contributed by atoms with van der Waals surface area (Å²) in [5, 5.41) is 8.73. The second-order valence-corrected chi connectivity index (χ2v) is 5.32. The van der Waals surface area contributed by atoms with Crippen molar-refractivity contribution >= 4 is 11.8 Å². The fraction of sp³-hybridized carbons (Fsp3) is 0.538. The first-order valence-electron chi connectivity index (χ1n) is 5.71. The molecule has 1 aliphatic carbocycles. The molecule has 2 heteroatoms. The van der Waals surface area contributed by atoms with Gasteiger partial charge in [0.1, 0.15) is 0 Å². The molecule has 1 fully saturated rings. The molecule has 0 radical (unpaired) electrons. The fourth-order valence-corrected chi connectivity index (χ4v) is 2.62. The van der Waals surface area contributed by atoms with Crippen LogP contribution in [0.1, 0.15) is 24.8 Å². The summed E-state index contributed by atoms with van der Waals surface area (Å²) >= 11 is 1.97. The monoisotopic (exact) mass is 222 g/mol. The summed E-state index contributed by atoms with van der Waals surface area (Å²) in [4.78, 5) is 1.38. The predicted molar refractivity (Wildman–Crippen MR) is 65.3 cm³/mol. The molecule has 0 saturated heterocycles. The third-order valence-corrected chi connectivity index (χ3v) is 3.97. The van der Waals surface area contributed by atoms with Crippen molar-refractivity contribution in [3.05, 3.63) is 29.8 Å². The van der Waals surface area contributed by atoms with Crippen LogP contribution in [0, 0.1) is 5.92 Å². The molecular formula is C13H18OS. The van der Waals surface area contributed by atoms with Gasteiger partial charge in [-0.1, -0.05) is 12.1 Å². The van der Waals surface area contributed by atoms with Crippen LogP contribution >= 0.6 is 11.8 Å². The van der Waals surface area contributed by atoms with E-state index >= 15 is 0 Å². The second-order valence-electron chi connectivity index (χ2n) is 4.23. The zero-order chi connectivity index (χ0) is 10.5. The van der Waals surface area contributed by atoms with Crippen molar-refractivity contribution in [3.63, 3.8) is 0 Å². The molecule has 0 aromatic heterocycles. The number of aliphatic hydroxyl groups excluding tert-OH is 1. The number of benzene rings is 1. The first-order chi connectivity index (χ1) is 7.38. The Morgan fingerprint density at radius 2 is 1.93 bits per heavy atom. The molecule has 2 rings (SSSR count). The largest absolute Gasteiger partial charge is 0.396 e. The van der Waals surface area contributed by atoms with Crippen LogP contribution in [0.5, 0.6) is 0 Å². The zero-order valence-electron chi connectivity index (χ0n) is 8.98. The van der Waals surface area contributed by atoms with Gasteiger partial charge < -0.3 is 5.11 Å². The number of hydrogen-bond acceptors (Lipinski definition) is 2. The van der Waals surface area contributed by atoms with Crippen molar-refractivity contribution in [1.82, 2.24) is 0 Å². The summed E-state index contributed by atoms with van der Waals surface area (Å²) in [7, 11) is 0. The van der Waals surface area contributed by atoms with E-state index in [9.17, 15) is 0 Å². The van der Waals surface area contributed by atoms with E-state index in [-0.39, 0.29) is 6.61 Å². The van der Waals surface area contributed by atoms with E-state index < -0.39 is 0 Å². The minimum atomic E-state index is 0.290. The molecule has 0 spiro atoms. The first-order valence-corrected chi connectivity index (χ1v) is 6.69. The summed E-state index contributed by atoms with van der Waals surface area (Å²) in [5.41, 5.74) is 1.33. The van der Waals surface area contributed by atoms with Gasteiger partial charge in [0.05, 0.1) is 0 Å². The normalized spacial score (nSPS) is 15.5. The van der Waals surface area contributed by atoms with E-state index in [0.717, 1.165) is 18.8 Å². The molecule has 82 valence electrons. The standard InChI is InChI=1S/C13H18OS/c14-9-1-2-11-5-7-13(8-6-11)15-10-12-3-4-12/h5-8,12,14H,1-4,9-10H2. The van der Waals surface area contributed by atoms with Crippen LogP contribution in [0.25, 0.3) is 0 Å². The summed E-state index contributed by atoms with van der Waals surface area (Å²) < 4.78 is 0. The van der Waals surface area contributed by atoms with Gasteiger partial charge in [0.25, 0.3) is 0 Å². The maximum atomic E-state index is 8.73. The van der Waals surface area contributed by atoms with E-state index in [2.05, 4.69) is 24.3 Å². The highest BCUT2D eigenvalue weighted by Crippen LogP contribution is 2.34. The van der Waals surface area contributed by atoms with E-state index in [1.165, 1.54) is 29.1 Å². The Bertz CT molecular complexity index is 290. The van der Waals surface area contributed by atoms with Crippen LogP contribution in [0.4, 0.5) is 0 Å². The molecule has 0 aliphatic heterocycles. The van der Waals surface area contributed by atoms with Crippen LogP contribution in [0.2, 0.25) is 0 Å². The van der Waals surface area contributed by atoms with Gasteiger partial charge in [-0.3, -0.25) is 0 Å². The Hall–Kier alpha value is -0.470. The van der Waals surface area contributed by atoms with Crippen LogP contribution in [-0.4, -0.2) is 17.5 Å². The molecule has 1 N–H and O–H groups in total.